The van der Waals surface area contributed by atoms with Crippen molar-refractivity contribution in [3.05, 3.63) is 35.9 Å². The van der Waals surface area contributed by atoms with Crippen LogP contribution in [0, 0.1) is 5.92 Å². The smallest absolute Gasteiger partial charge is 0.417 e. The molecule has 2 unspecified atom stereocenters. The second-order valence-electron chi connectivity index (χ2n) is 9.70. The molecule has 0 saturated carbocycles. The Morgan fingerprint density at radius 2 is 1.79 bits per heavy atom. The standard InChI is InChI=1S/C25H38N2O6/c1-16(26-23(29)33-25(4,5)6)12-11-15-20(31-7)17(2)22(28)27-18(3)21(32-24(27)30)19-13-9-8-10-14-19/h8-10,13-14,16-18,20-21H,11-12,15H2,1-7H3,(H,26,29)/t16-,17?,18+,20?,21+/m0/s1. The fourth-order valence-corrected chi connectivity index (χ4v) is 4.00. The van der Waals surface area contributed by atoms with Crippen LogP contribution in [0.2, 0.25) is 0 Å². The zero-order valence-electron chi connectivity index (χ0n) is 20.8. The minimum atomic E-state index is -0.627. The van der Waals surface area contributed by atoms with Crippen molar-refractivity contribution in [3.8, 4) is 0 Å². The topological polar surface area (TPSA) is 94.2 Å². The molecule has 0 radical (unpaired) electrons. The Morgan fingerprint density at radius 1 is 1.15 bits per heavy atom. The Hall–Kier alpha value is -2.61. The summed E-state index contributed by atoms with van der Waals surface area (Å²) in [5.74, 6) is -0.827. The zero-order chi connectivity index (χ0) is 24.8. The molecule has 8 nitrogen and oxygen atoms in total. The van der Waals surface area contributed by atoms with Gasteiger partial charge >= 0.3 is 12.2 Å². The fourth-order valence-electron chi connectivity index (χ4n) is 4.00. The fraction of sp³-hybridized carbons (Fsp3) is 0.640. The number of hydrogen-bond acceptors (Lipinski definition) is 6. The lowest BCUT2D eigenvalue weighted by atomic mass is 9.95. The first kappa shape index (κ1) is 26.6. The van der Waals surface area contributed by atoms with Crippen molar-refractivity contribution in [2.24, 2.45) is 5.92 Å². The molecule has 2 rings (SSSR count). The van der Waals surface area contributed by atoms with E-state index < -0.39 is 35.9 Å². The summed E-state index contributed by atoms with van der Waals surface area (Å²) < 4.78 is 16.4. The summed E-state index contributed by atoms with van der Waals surface area (Å²) in [5, 5.41) is 2.82. The predicted molar refractivity (Wildman–Crippen MR) is 125 cm³/mol. The summed E-state index contributed by atoms with van der Waals surface area (Å²) in [4.78, 5) is 38.8. The first-order valence-electron chi connectivity index (χ1n) is 11.6. The molecule has 0 aliphatic carbocycles. The number of nitrogens with one attached hydrogen (secondary N) is 1. The van der Waals surface area contributed by atoms with E-state index in [1.54, 1.807) is 14.0 Å². The van der Waals surface area contributed by atoms with Crippen LogP contribution in [-0.4, -0.2) is 53.9 Å². The van der Waals surface area contributed by atoms with Gasteiger partial charge in [-0.1, -0.05) is 37.3 Å². The average molecular weight is 463 g/mol. The SMILES string of the molecule is COC(CCC[C@H](C)NC(=O)OC(C)(C)C)C(C)C(=O)N1C(=O)O[C@@H](c2ccccc2)[C@H]1C. The van der Waals surface area contributed by atoms with Crippen molar-refractivity contribution in [2.75, 3.05) is 7.11 Å². The number of nitrogens with zero attached hydrogens (tertiary/aromatic N) is 1. The highest BCUT2D eigenvalue weighted by Crippen LogP contribution is 2.34. The second kappa shape index (κ2) is 11.5. The molecule has 0 bridgehead atoms. The van der Waals surface area contributed by atoms with Crippen LogP contribution in [0.5, 0.6) is 0 Å². The van der Waals surface area contributed by atoms with E-state index in [1.165, 1.54) is 4.90 Å². The highest BCUT2D eigenvalue weighted by atomic mass is 16.6. The second-order valence-corrected chi connectivity index (χ2v) is 9.70. The number of imide groups is 1. The quantitative estimate of drug-likeness (QED) is 0.565. The van der Waals surface area contributed by atoms with Crippen molar-refractivity contribution < 1.29 is 28.6 Å². The first-order chi connectivity index (χ1) is 15.4. The third-order valence-corrected chi connectivity index (χ3v) is 5.77. The van der Waals surface area contributed by atoms with E-state index >= 15 is 0 Å². The molecule has 8 heteroatoms. The Bertz CT molecular complexity index is 807. The highest BCUT2D eigenvalue weighted by Gasteiger charge is 2.45. The lowest BCUT2D eigenvalue weighted by Crippen LogP contribution is -2.44. The number of ether oxygens (including phenoxy) is 3. The number of benzene rings is 1. The maximum Gasteiger partial charge on any atom is 0.417 e. The molecule has 1 heterocycles. The number of alkyl carbamates (subject to hydrolysis) is 1. The number of cyclic esters (lactones) is 1. The lowest BCUT2D eigenvalue weighted by Gasteiger charge is -2.27. The number of methoxy groups -OCH3 is 1. The number of carbonyl (C=O) groups is 3. The van der Waals surface area contributed by atoms with Gasteiger partial charge in [-0.15, -0.1) is 0 Å². The van der Waals surface area contributed by atoms with Crippen LogP contribution in [0.25, 0.3) is 0 Å². The maximum absolute atomic E-state index is 13.2. The molecule has 1 N–H and O–H groups in total. The Morgan fingerprint density at radius 3 is 2.36 bits per heavy atom. The normalized spacial score (nSPS) is 21.2. The summed E-state index contributed by atoms with van der Waals surface area (Å²) in [5.41, 5.74) is 0.310. The van der Waals surface area contributed by atoms with Crippen molar-refractivity contribution >= 4 is 18.1 Å². The summed E-state index contributed by atoms with van der Waals surface area (Å²) in [6.07, 6.45) is 0.133. The van der Waals surface area contributed by atoms with Gasteiger partial charge in [-0.3, -0.25) is 4.79 Å². The highest BCUT2D eigenvalue weighted by molar-refractivity contribution is 5.95. The van der Waals surface area contributed by atoms with Gasteiger partial charge in [0.15, 0.2) is 0 Å². The Labute approximate surface area is 196 Å². The molecule has 3 amide bonds. The molecule has 1 saturated heterocycles. The van der Waals surface area contributed by atoms with Crippen LogP contribution < -0.4 is 5.32 Å². The lowest BCUT2D eigenvalue weighted by molar-refractivity contribution is -0.137. The Balaban J connectivity index is 1.90. The zero-order valence-corrected chi connectivity index (χ0v) is 20.8. The van der Waals surface area contributed by atoms with E-state index in [2.05, 4.69) is 5.32 Å². The van der Waals surface area contributed by atoms with Crippen LogP contribution in [0.1, 0.15) is 72.5 Å². The van der Waals surface area contributed by atoms with E-state index in [0.29, 0.717) is 12.8 Å². The van der Waals surface area contributed by atoms with Gasteiger partial charge in [0.05, 0.1) is 18.1 Å². The van der Waals surface area contributed by atoms with Gasteiger partial charge in [-0.2, -0.15) is 0 Å². The molecule has 1 fully saturated rings. The van der Waals surface area contributed by atoms with E-state index in [4.69, 9.17) is 14.2 Å². The monoisotopic (exact) mass is 462 g/mol. The van der Waals surface area contributed by atoms with E-state index in [-0.39, 0.29) is 18.1 Å². The van der Waals surface area contributed by atoms with Crippen LogP contribution in [0.3, 0.4) is 0 Å². The molecule has 0 spiro atoms. The van der Waals surface area contributed by atoms with E-state index in [0.717, 1.165) is 12.0 Å². The average Bonchev–Trinajstić information content (AvgIpc) is 3.03. The van der Waals surface area contributed by atoms with Gasteiger partial charge in [-0.05, 0) is 59.4 Å². The minimum absolute atomic E-state index is 0.0800. The number of carbonyl (C=O) groups excluding carboxylic acids is 3. The molecule has 5 atom stereocenters. The molecule has 0 aromatic heterocycles. The van der Waals surface area contributed by atoms with Crippen molar-refractivity contribution in [2.45, 2.75) is 90.7 Å². The predicted octanol–water partition coefficient (Wildman–Crippen LogP) is 4.83. The van der Waals surface area contributed by atoms with Crippen molar-refractivity contribution in [3.63, 3.8) is 0 Å². The van der Waals surface area contributed by atoms with E-state index in [1.807, 2.05) is 65.0 Å². The molecule has 1 aromatic rings. The van der Waals surface area contributed by atoms with Crippen molar-refractivity contribution in [1.29, 1.82) is 0 Å². The molecule has 33 heavy (non-hydrogen) atoms. The van der Waals surface area contributed by atoms with Gasteiger partial charge in [0.1, 0.15) is 11.7 Å². The van der Waals surface area contributed by atoms with Gasteiger partial charge in [-0.25, -0.2) is 14.5 Å². The molecule has 1 aliphatic rings. The van der Waals surface area contributed by atoms with Crippen molar-refractivity contribution in [1.82, 2.24) is 10.2 Å². The maximum atomic E-state index is 13.2. The van der Waals surface area contributed by atoms with Crippen LogP contribution in [0.15, 0.2) is 30.3 Å². The summed E-state index contributed by atoms with van der Waals surface area (Å²) in [7, 11) is 1.56. The molecular formula is C25H38N2O6. The minimum Gasteiger partial charge on any atom is -0.444 e. The third-order valence-electron chi connectivity index (χ3n) is 5.77. The van der Waals surface area contributed by atoms with Crippen LogP contribution in [-0.2, 0) is 19.0 Å². The van der Waals surface area contributed by atoms with Gasteiger partial charge in [0, 0.05) is 13.2 Å². The van der Waals surface area contributed by atoms with Gasteiger partial charge in [0.25, 0.3) is 0 Å². The molecule has 1 aliphatic heterocycles. The van der Waals surface area contributed by atoms with E-state index in [9.17, 15) is 14.4 Å². The number of hydrogen-bond donors (Lipinski definition) is 1. The number of amides is 3. The van der Waals surface area contributed by atoms with Gasteiger partial charge < -0.3 is 19.5 Å². The molecule has 1 aromatic carbocycles. The van der Waals surface area contributed by atoms with Crippen LogP contribution >= 0.6 is 0 Å². The van der Waals surface area contributed by atoms with Gasteiger partial charge in [0.2, 0.25) is 5.91 Å². The molecular weight excluding hydrogens is 424 g/mol. The number of rotatable bonds is 9. The first-order valence-corrected chi connectivity index (χ1v) is 11.6. The summed E-state index contributed by atoms with van der Waals surface area (Å²) in [6.45, 7) is 11.0. The summed E-state index contributed by atoms with van der Waals surface area (Å²) >= 11 is 0. The largest absolute Gasteiger partial charge is 0.444 e. The van der Waals surface area contributed by atoms with Crippen LogP contribution in [0.4, 0.5) is 9.59 Å². The molecule has 184 valence electrons. The Kier molecular flexibility index (Phi) is 9.28. The summed E-state index contributed by atoms with van der Waals surface area (Å²) in [6, 6.07) is 8.93. The third kappa shape index (κ3) is 7.45.